The van der Waals surface area contributed by atoms with E-state index in [1.165, 1.54) is 0 Å². The van der Waals surface area contributed by atoms with Gasteiger partial charge in [-0.25, -0.2) is 8.78 Å². The zero-order valence-corrected chi connectivity index (χ0v) is 9.57. The van der Waals surface area contributed by atoms with Gasteiger partial charge >= 0.3 is 0 Å². The molecule has 2 aliphatic rings. The standard InChI is InChI=1S/C11H16F2N4/c12-11(13)3-1-8(2-4-11)10-16-15-7-17(10)9-5-14-6-9/h7-9,14H,1-6H2. The van der Waals surface area contributed by atoms with Crippen molar-refractivity contribution < 1.29 is 8.78 Å². The van der Waals surface area contributed by atoms with Crippen LogP contribution in [0.3, 0.4) is 0 Å². The molecule has 1 N–H and O–H groups in total. The summed E-state index contributed by atoms with van der Waals surface area (Å²) in [7, 11) is 0. The highest BCUT2D eigenvalue weighted by atomic mass is 19.3. The molecule has 0 amide bonds. The molecular weight excluding hydrogens is 226 g/mol. The largest absolute Gasteiger partial charge is 0.313 e. The summed E-state index contributed by atoms with van der Waals surface area (Å²) < 4.78 is 28.3. The van der Waals surface area contributed by atoms with Crippen molar-refractivity contribution in [2.24, 2.45) is 0 Å². The van der Waals surface area contributed by atoms with Crippen LogP contribution in [0.5, 0.6) is 0 Å². The molecule has 1 aromatic heterocycles. The second-order valence-corrected chi connectivity index (χ2v) is 5.04. The number of aromatic nitrogens is 3. The molecule has 1 aliphatic heterocycles. The number of hydrogen-bond acceptors (Lipinski definition) is 3. The normalized spacial score (nSPS) is 25.8. The van der Waals surface area contributed by atoms with Gasteiger partial charge in [0, 0.05) is 31.8 Å². The predicted octanol–water partition coefficient (Wildman–Crippen LogP) is 1.72. The van der Waals surface area contributed by atoms with Gasteiger partial charge in [-0.2, -0.15) is 0 Å². The quantitative estimate of drug-likeness (QED) is 0.858. The Morgan fingerprint density at radius 3 is 2.59 bits per heavy atom. The second kappa shape index (κ2) is 4.01. The third-order valence-electron chi connectivity index (χ3n) is 3.84. The minimum absolute atomic E-state index is 0.0204. The molecule has 17 heavy (non-hydrogen) atoms. The average molecular weight is 242 g/mol. The van der Waals surface area contributed by atoms with Crippen LogP contribution in [-0.2, 0) is 0 Å². The molecule has 1 saturated heterocycles. The fraction of sp³-hybridized carbons (Fsp3) is 0.818. The first-order valence-electron chi connectivity index (χ1n) is 6.14. The molecule has 94 valence electrons. The molecule has 0 spiro atoms. The summed E-state index contributed by atoms with van der Waals surface area (Å²) in [5.41, 5.74) is 0. The predicted molar refractivity (Wildman–Crippen MR) is 58.1 cm³/mol. The first-order valence-corrected chi connectivity index (χ1v) is 6.14. The van der Waals surface area contributed by atoms with E-state index in [0.29, 0.717) is 18.9 Å². The first-order chi connectivity index (χ1) is 8.16. The summed E-state index contributed by atoms with van der Waals surface area (Å²) in [5, 5.41) is 11.3. The molecule has 0 bridgehead atoms. The Hall–Kier alpha value is -1.04. The van der Waals surface area contributed by atoms with Crippen LogP contribution in [0.15, 0.2) is 6.33 Å². The van der Waals surface area contributed by atoms with Gasteiger partial charge in [0.15, 0.2) is 0 Å². The van der Waals surface area contributed by atoms with Crippen molar-refractivity contribution >= 4 is 0 Å². The van der Waals surface area contributed by atoms with Gasteiger partial charge in [0.05, 0.1) is 6.04 Å². The van der Waals surface area contributed by atoms with Crippen LogP contribution in [0.4, 0.5) is 8.78 Å². The summed E-state index contributed by atoms with van der Waals surface area (Å²) in [6, 6.07) is 0.405. The molecule has 2 fully saturated rings. The third kappa shape index (κ3) is 2.06. The average Bonchev–Trinajstić information content (AvgIpc) is 2.64. The van der Waals surface area contributed by atoms with Crippen molar-refractivity contribution in [3.63, 3.8) is 0 Å². The van der Waals surface area contributed by atoms with Crippen LogP contribution < -0.4 is 5.32 Å². The summed E-state index contributed by atoms with van der Waals surface area (Å²) in [5.74, 6) is -1.43. The van der Waals surface area contributed by atoms with Gasteiger partial charge in [-0.1, -0.05) is 0 Å². The third-order valence-corrected chi connectivity index (χ3v) is 3.84. The molecule has 6 heteroatoms. The Morgan fingerprint density at radius 1 is 1.29 bits per heavy atom. The zero-order valence-electron chi connectivity index (χ0n) is 9.57. The van der Waals surface area contributed by atoms with Crippen molar-refractivity contribution in [2.75, 3.05) is 13.1 Å². The van der Waals surface area contributed by atoms with Gasteiger partial charge in [-0.15, -0.1) is 10.2 Å². The minimum Gasteiger partial charge on any atom is -0.313 e. The van der Waals surface area contributed by atoms with Gasteiger partial charge in [-0.05, 0) is 12.8 Å². The molecule has 0 atom stereocenters. The summed E-state index contributed by atoms with van der Waals surface area (Å²) in [6.45, 7) is 1.85. The Morgan fingerprint density at radius 2 is 2.00 bits per heavy atom. The highest BCUT2D eigenvalue weighted by Gasteiger charge is 2.37. The molecule has 2 heterocycles. The van der Waals surface area contributed by atoms with Crippen LogP contribution in [-0.4, -0.2) is 33.8 Å². The maximum atomic E-state index is 13.1. The molecule has 0 unspecified atom stereocenters. The lowest BCUT2D eigenvalue weighted by Crippen LogP contribution is -2.44. The lowest BCUT2D eigenvalue weighted by atomic mass is 9.86. The Balaban J connectivity index is 1.74. The van der Waals surface area contributed by atoms with E-state index in [-0.39, 0.29) is 18.8 Å². The van der Waals surface area contributed by atoms with Crippen molar-refractivity contribution in [3.8, 4) is 0 Å². The van der Waals surface area contributed by atoms with Crippen molar-refractivity contribution in [1.82, 2.24) is 20.1 Å². The SMILES string of the molecule is FC1(F)CCC(c2nncn2C2CNC2)CC1. The van der Waals surface area contributed by atoms with Gasteiger partial charge in [0.1, 0.15) is 12.2 Å². The van der Waals surface area contributed by atoms with E-state index in [1.54, 1.807) is 6.33 Å². The molecule has 1 aromatic rings. The maximum absolute atomic E-state index is 13.1. The van der Waals surface area contributed by atoms with Crippen molar-refractivity contribution in [2.45, 2.75) is 43.6 Å². The van der Waals surface area contributed by atoms with Gasteiger partial charge in [0.2, 0.25) is 5.92 Å². The number of rotatable bonds is 2. The molecule has 1 aliphatic carbocycles. The summed E-state index contributed by atoms with van der Waals surface area (Å²) in [4.78, 5) is 0. The van der Waals surface area contributed by atoms with Crippen LogP contribution in [0, 0.1) is 0 Å². The molecule has 4 nitrogen and oxygen atoms in total. The van der Waals surface area contributed by atoms with Crippen LogP contribution in [0.2, 0.25) is 0 Å². The Labute approximate surface area is 98.4 Å². The fourth-order valence-corrected chi connectivity index (χ4v) is 2.59. The van der Waals surface area contributed by atoms with Crippen molar-refractivity contribution in [1.29, 1.82) is 0 Å². The van der Waals surface area contributed by atoms with Gasteiger partial charge in [-0.3, -0.25) is 0 Å². The molecule has 0 radical (unpaired) electrons. The van der Waals surface area contributed by atoms with E-state index in [1.807, 2.05) is 0 Å². The molecule has 3 rings (SSSR count). The highest BCUT2D eigenvalue weighted by molar-refractivity contribution is 5.03. The van der Waals surface area contributed by atoms with Crippen LogP contribution in [0.25, 0.3) is 0 Å². The van der Waals surface area contributed by atoms with E-state index in [0.717, 1.165) is 18.9 Å². The van der Waals surface area contributed by atoms with E-state index in [4.69, 9.17) is 0 Å². The molecule has 1 saturated carbocycles. The summed E-state index contributed by atoms with van der Waals surface area (Å²) in [6.07, 6.45) is 2.73. The molecule has 0 aromatic carbocycles. The Bertz CT molecular complexity index is 390. The van der Waals surface area contributed by atoms with Crippen LogP contribution in [0.1, 0.15) is 43.5 Å². The van der Waals surface area contributed by atoms with Crippen molar-refractivity contribution in [3.05, 3.63) is 12.2 Å². The second-order valence-electron chi connectivity index (χ2n) is 5.04. The number of hydrogen-bond donors (Lipinski definition) is 1. The Kier molecular flexibility index (Phi) is 2.61. The number of halogens is 2. The van der Waals surface area contributed by atoms with Crippen LogP contribution >= 0.6 is 0 Å². The smallest absolute Gasteiger partial charge is 0.248 e. The summed E-state index contributed by atoms with van der Waals surface area (Å²) >= 11 is 0. The van der Waals surface area contributed by atoms with Gasteiger partial charge in [0.25, 0.3) is 0 Å². The van der Waals surface area contributed by atoms with Gasteiger partial charge < -0.3 is 9.88 Å². The zero-order chi connectivity index (χ0) is 11.9. The lowest BCUT2D eigenvalue weighted by molar-refractivity contribution is -0.0391. The number of nitrogens with one attached hydrogen (secondary N) is 1. The van der Waals surface area contributed by atoms with E-state index < -0.39 is 5.92 Å². The molecular formula is C11H16F2N4. The topological polar surface area (TPSA) is 42.7 Å². The minimum atomic E-state index is -2.47. The first kappa shape index (κ1) is 11.1. The highest BCUT2D eigenvalue weighted by Crippen LogP contribution is 2.40. The monoisotopic (exact) mass is 242 g/mol. The van der Waals surface area contributed by atoms with E-state index in [2.05, 4.69) is 20.1 Å². The number of nitrogens with zero attached hydrogens (tertiary/aromatic N) is 3. The van der Waals surface area contributed by atoms with E-state index >= 15 is 0 Å². The maximum Gasteiger partial charge on any atom is 0.248 e. The lowest BCUT2D eigenvalue weighted by Gasteiger charge is -2.32. The van der Waals surface area contributed by atoms with E-state index in [9.17, 15) is 8.78 Å². The fourth-order valence-electron chi connectivity index (χ4n) is 2.59. The number of alkyl halides is 2.